The molecule has 0 amide bonds. The number of nitrogens with zero attached hydrogens (tertiary/aromatic N) is 2. The third-order valence-electron chi connectivity index (χ3n) is 2.00. The van der Waals surface area contributed by atoms with Crippen LogP contribution in [0.1, 0.15) is 10.6 Å². The highest BCUT2D eigenvalue weighted by Gasteiger charge is 2.02. The third kappa shape index (κ3) is 2.44. The molecule has 0 bridgehead atoms. The van der Waals surface area contributed by atoms with Crippen LogP contribution >= 0.6 is 11.5 Å². The lowest BCUT2D eigenvalue weighted by atomic mass is 10.1. The standard InChI is InChI=1S/C10H11N3OS/c1-14-8-4-2-7(3-5-8)6-9-12-10(11)13-15-9/h2-5H,6H2,1H3,(H2,11,13). The van der Waals surface area contributed by atoms with Gasteiger partial charge >= 0.3 is 0 Å². The zero-order chi connectivity index (χ0) is 10.7. The predicted molar refractivity (Wildman–Crippen MR) is 60.1 cm³/mol. The van der Waals surface area contributed by atoms with Gasteiger partial charge in [0.25, 0.3) is 0 Å². The maximum atomic E-state index is 5.45. The van der Waals surface area contributed by atoms with Gasteiger partial charge in [-0.1, -0.05) is 12.1 Å². The number of rotatable bonds is 3. The number of nitrogens with two attached hydrogens (primary N) is 1. The Hall–Kier alpha value is -1.62. The zero-order valence-electron chi connectivity index (χ0n) is 8.30. The molecule has 0 aliphatic rings. The van der Waals surface area contributed by atoms with Crippen LogP contribution in [-0.2, 0) is 6.42 Å². The van der Waals surface area contributed by atoms with Crippen molar-refractivity contribution in [2.45, 2.75) is 6.42 Å². The maximum absolute atomic E-state index is 5.45. The first-order valence-electron chi connectivity index (χ1n) is 4.49. The molecule has 0 spiro atoms. The van der Waals surface area contributed by atoms with Gasteiger partial charge in [0.1, 0.15) is 10.8 Å². The van der Waals surface area contributed by atoms with Crippen LogP contribution in [0.15, 0.2) is 24.3 Å². The van der Waals surface area contributed by atoms with E-state index < -0.39 is 0 Å². The number of benzene rings is 1. The molecule has 0 radical (unpaired) electrons. The minimum atomic E-state index is 0.350. The molecule has 0 aliphatic heterocycles. The second-order valence-corrected chi connectivity index (χ2v) is 3.91. The number of aromatic nitrogens is 2. The van der Waals surface area contributed by atoms with E-state index in [9.17, 15) is 0 Å². The van der Waals surface area contributed by atoms with Crippen molar-refractivity contribution in [1.29, 1.82) is 0 Å². The molecule has 0 unspecified atom stereocenters. The number of hydrogen-bond acceptors (Lipinski definition) is 5. The highest BCUT2D eigenvalue weighted by Crippen LogP contribution is 2.16. The molecule has 2 aromatic rings. The molecular formula is C10H11N3OS. The van der Waals surface area contributed by atoms with Gasteiger partial charge in [-0.15, -0.1) is 0 Å². The van der Waals surface area contributed by atoms with Gasteiger partial charge in [-0.3, -0.25) is 0 Å². The number of hydrogen-bond donors (Lipinski definition) is 1. The number of methoxy groups -OCH3 is 1. The molecule has 1 aromatic heterocycles. The van der Waals surface area contributed by atoms with E-state index in [1.54, 1.807) is 7.11 Å². The van der Waals surface area contributed by atoms with Crippen molar-refractivity contribution in [3.05, 3.63) is 34.8 Å². The van der Waals surface area contributed by atoms with Gasteiger partial charge in [-0.05, 0) is 29.2 Å². The summed E-state index contributed by atoms with van der Waals surface area (Å²) in [5.74, 6) is 1.21. The van der Waals surface area contributed by atoms with Crippen LogP contribution < -0.4 is 10.5 Å². The van der Waals surface area contributed by atoms with Crippen LogP contribution in [0.5, 0.6) is 5.75 Å². The van der Waals surface area contributed by atoms with Crippen LogP contribution in [0.25, 0.3) is 0 Å². The van der Waals surface area contributed by atoms with Crippen molar-refractivity contribution >= 4 is 17.5 Å². The van der Waals surface area contributed by atoms with E-state index in [1.165, 1.54) is 17.1 Å². The minimum absolute atomic E-state index is 0.350. The van der Waals surface area contributed by atoms with E-state index in [-0.39, 0.29) is 0 Å². The summed E-state index contributed by atoms with van der Waals surface area (Å²) in [4.78, 5) is 4.10. The Bertz CT molecular complexity index is 438. The summed E-state index contributed by atoms with van der Waals surface area (Å²) in [6, 6.07) is 7.88. The molecule has 5 heteroatoms. The summed E-state index contributed by atoms with van der Waals surface area (Å²) < 4.78 is 9.01. The Balaban J connectivity index is 2.11. The first-order valence-corrected chi connectivity index (χ1v) is 5.26. The average Bonchev–Trinajstić information content (AvgIpc) is 2.65. The van der Waals surface area contributed by atoms with Crippen molar-refractivity contribution in [2.24, 2.45) is 0 Å². The Morgan fingerprint density at radius 3 is 2.60 bits per heavy atom. The SMILES string of the molecule is COc1ccc(Cc2nc(N)ns2)cc1. The topological polar surface area (TPSA) is 61.0 Å². The molecule has 78 valence electrons. The highest BCUT2D eigenvalue weighted by atomic mass is 32.1. The summed E-state index contributed by atoms with van der Waals surface area (Å²) in [6.07, 6.45) is 0.763. The van der Waals surface area contributed by atoms with E-state index in [1.807, 2.05) is 24.3 Å². The maximum Gasteiger partial charge on any atom is 0.232 e. The highest BCUT2D eigenvalue weighted by molar-refractivity contribution is 7.05. The van der Waals surface area contributed by atoms with Crippen LogP contribution in [0.3, 0.4) is 0 Å². The van der Waals surface area contributed by atoms with Gasteiger partial charge in [0.05, 0.1) is 7.11 Å². The molecule has 0 saturated heterocycles. The van der Waals surface area contributed by atoms with Crippen LogP contribution in [-0.4, -0.2) is 16.5 Å². The van der Waals surface area contributed by atoms with E-state index in [4.69, 9.17) is 10.5 Å². The Morgan fingerprint density at radius 2 is 2.07 bits per heavy atom. The van der Waals surface area contributed by atoms with Crippen molar-refractivity contribution < 1.29 is 4.74 Å². The summed E-state index contributed by atoms with van der Waals surface area (Å²) in [7, 11) is 1.65. The van der Waals surface area contributed by atoms with Gasteiger partial charge < -0.3 is 10.5 Å². The Labute approximate surface area is 91.9 Å². The summed E-state index contributed by atoms with van der Waals surface area (Å²) in [6.45, 7) is 0. The van der Waals surface area contributed by atoms with Crippen molar-refractivity contribution in [1.82, 2.24) is 9.36 Å². The smallest absolute Gasteiger partial charge is 0.232 e. The first-order chi connectivity index (χ1) is 7.28. The van der Waals surface area contributed by atoms with E-state index in [2.05, 4.69) is 9.36 Å². The zero-order valence-corrected chi connectivity index (χ0v) is 9.12. The fraction of sp³-hybridized carbons (Fsp3) is 0.200. The number of anilines is 1. The van der Waals surface area contributed by atoms with E-state index in [0.717, 1.165) is 17.2 Å². The molecular weight excluding hydrogens is 210 g/mol. The van der Waals surface area contributed by atoms with Gasteiger partial charge in [0, 0.05) is 6.42 Å². The molecule has 0 fully saturated rings. The molecule has 15 heavy (non-hydrogen) atoms. The molecule has 1 heterocycles. The Kier molecular flexibility index (Phi) is 2.82. The third-order valence-corrected chi connectivity index (χ3v) is 2.72. The molecule has 2 rings (SSSR count). The van der Waals surface area contributed by atoms with Gasteiger partial charge in [-0.25, -0.2) is 4.98 Å². The Morgan fingerprint density at radius 1 is 1.33 bits per heavy atom. The second-order valence-electron chi connectivity index (χ2n) is 3.07. The lowest BCUT2D eigenvalue weighted by molar-refractivity contribution is 0.414. The molecule has 0 atom stereocenters. The minimum Gasteiger partial charge on any atom is -0.497 e. The van der Waals surface area contributed by atoms with Crippen LogP contribution in [0, 0.1) is 0 Å². The molecule has 0 saturated carbocycles. The lowest BCUT2D eigenvalue weighted by Gasteiger charge is -2.00. The van der Waals surface area contributed by atoms with Gasteiger partial charge in [-0.2, -0.15) is 4.37 Å². The summed E-state index contributed by atoms with van der Waals surface area (Å²) in [5.41, 5.74) is 6.62. The molecule has 4 nitrogen and oxygen atoms in total. The molecule has 1 aromatic carbocycles. The quantitative estimate of drug-likeness (QED) is 0.857. The fourth-order valence-electron chi connectivity index (χ4n) is 1.26. The van der Waals surface area contributed by atoms with Gasteiger partial charge in [0.15, 0.2) is 0 Å². The van der Waals surface area contributed by atoms with E-state index in [0.29, 0.717) is 5.95 Å². The number of ether oxygens (including phenoxy) is 1. The summed E-state index contributed by atoms with van der Waals surface area (Å²) >= 11 is 1.34. The first kappa shape index (κ1) is 9.92. The van der Waals surface area contributed by atoms with Gasteiger partial charge in [0.2, 0.25) is 5.95 Å². The van der Waals surface area contributed by atoms with Crippen molar-refractivity contribution in [3.8, 4) is 5.75 Å². The fourth-order valence-corrected chi connectivity index (χ4v) is 1.86. The van der Waals surface area contributed by atoms with Crippen LogP contribution in [0.4, 0.5) is 5.95 Å². The predicted octanol–water partition coefficient (Wildman–Crippen LogP) is 1.72. The van der Waals surface area contributed by atoms with Crippen molar-refractivity contribution in [3.63, 3.8) is 0 Å². The second kappa shape index (κ2) is 4.27. The van der Waals surface area contributed by atoms with Crippen molar-refractivity contribution in [2.75, 3.05) is 12.8 Å². The van der Waals surface area contributed by atoms with E-state index >= 15 is 0 Å². The number of nitrogen functional groups attached to an aromatic ring is 1. The normalized spacial score (nSPS) is 10.2. The lowest BCUT2D eigenvalue weighted by Crippen LogP contribution is -1.90. The van der Waals surface area contributed by atoms with Crippen LogP contribution in [0.2, 0.25) is 0 Å². The summed E-state index contributed by atoms with van der Waals surface area (Å²) in [5, 5.41) is 0.928. The molecule has 0 aliphatic carbocycles. The monoisotopic (exact) mass is 221 g/mol. The largest absolute Gasteiger partial charge is 0.497 e. The average molecular weight is 221 g/mol. The molecule has 2 N–H and O–H groups in total.